The fourth-order valence-corrected chi connectivity index (χ4v) is 1.66. The summed E-state index contributed by atoms with van der Waals surface area (Å²) >= 11 is 0. The first-order chi connectivity index (χ1) is 8.77. The van der Waals surface area contributed by atoms with Crippen molar-refractivity contribution < 1.29 is 19.5 Å². The summed E-state index contributed by atoms with van der Waals surface area (Å²) in [6.07, 6.45) is -0.119. The number of hydrogen-bond donors (Lipinski definition) is 2. The Bertz CT molecular complexity index is 331. The molecule has 0 aromatic heterocycles. The van der Waals surface area contributed by atoms with Crippen molar-refractivity contribution in [3.63, 3.8) is 0 Å². The van der Waals surface area contributed by atoms with Gasteiger partial charge in [0.2, 0.25) is 5.91 Å². The van der Waals surface area contributed by atoms with Gasteiger partial charge in [-0.25, -0.2) is 4.79 Å². The van der Waals surface area contributed by atoms with Gasteiger partial charge in [0, 0.05) is 19.6 Å². The third kappa shape index (κ3) is 7.28. The van der Waals surface area contributed by atoms with Crippen LogP contribution in [-0.4, -0.2) is 59.0 Å². The summed E-state index contributed by atoms with van der Waals surface area (Å²) in [6, 6.07) is -0.351. The highest BCUT2D eigenvalue weighted by atomic mass is 16.4. The van der Waals surface area contributed by atoms with Crippen LogP contribution in [0.1, 0.15) is 27.2 Å². The summed E-state index contributed by atoms with van der Waals surface area (Å²) in [7, 11) is 0. The smallest absolute Gasteiger partial charge is 0.320 e. The topological polar surface area (TPSA) is 104 Å². The van der Waals surface area contributed by atoms with Gasteiger partial charge < -0.3 is 20.6 Å². The minimum Gasteiger partial charge on any atom is -0.481 e. The molecule has 3 amide bonds. The van der Waals surface area contributed by atoms with E-state index in [1.807, 2.05) is 13.8 Å². The van der Waals surface area contributed by atoms with Gasteiger partial charge in [0.25, 0.3) is 0 Å². The number of rotatable bonds is 8. The number of nitrogens with two attached hydrogens (primary N) is 1. The Balaban J connectivity index is 4.71. The fraction of sp³-hybridized carbons (Fsp3) is 0.750. The average Bonchev–Trinajstić information content (AvgIpc) is 2.27. The number of urea groups is 1. The van der Waals surface area contributed by atoms with Gasteiger partial charge in [-0.05, 0) is 12.8 Å². The van der Waals surface area contributed by atoms with E-state index in [1.54, 1.807) is 6.92 Å². The Labute approximate surface area is 113 Å². The highest BCUT2D eigenvalue weighted by Crippen LogP contribution is 2.05. The molecule has 0 unspecified atom stereocenters. The second kappa shape index (κ2) is 8.34. The number of carbonyl (C=O) groups is 3. The van der Waals surface area contributed by atoms with Gasteiger partial charge in [-0.15, -0.1) is 0 Å². The molecule has 0 atom stereocenters. The maximum absolute atomic E-state index is 12.2. The van der Waals surface area contributed by atoms with E-state index < -0.39 is 11.9 Å². The SMILES string of the molecule is CCN(CCC(=O)O)C(=O)N(CC(N)=O)CC(C)C. The van der Waals surface area contributed by atoms with Gasteiger partial charge >= 0.3 is 12.0 Å². The molecular weight excluding hydrogens is 250 g/mol. The third-order valence-electron chi connectivity index (χ3n) is 2.45. The fourth-order valence-electron chi connectivity index (χ4n) is 1.66. The van der Waals surface area contributed by atoms with E-state index in [0.29, 0.717) is 13.1 Å². The predicted molar refractivity (Wildman–Crippen MR) is 70.5 cm³/mol. The molecule has 0 aliphatic rings. The van der Waals surface area contributed by atoms with Gasteiger partial charge in [-0.1, -0.05) is 13.8 Å². The van der Waals surface area contributed by atoms with Crippen molar-refractivity contribution >= 4 is 17.9 Å². The lowest BCUT2D eigenvalue weighted by Crippen LogP contribution is -2.48. The maximum atomic E-state index is 12.2. The van der Waals surface area contributed by atoms with Crippen molar-refractivity contribution in [2.24, 2.45) is 11.7 Å². The lowest BCUT2D eigenvalue weighted by molar-refractivity contribution is -0.137. The van der Waals surface area contributed by atoms with Crippen LogP contribution in [0.3, 0.4) is 0 Å². The molecule has 0 bridgehead atoms. The van der Waals surface area contributed by atoms with Crippen molar-refractivity contribution in [1.29, 1.82) is 0 Å². The average molecular weight is 273 g/mol. The van der Waals surface area contributed by atoms with Crippen molar-refractivity contribution in [1.82, 2.24) is 9.80 Å². The van der Waals surface area contributed by atoms with Crippen molar-refractivity contribution in [3.05, 3.63) is 0 Å². The molecule has 0 radical (unpaired) electrons. The van der Waals surface area contributed by atoms with Gasteiger partial charge in [0.05, 0.1) is 6.42 Å². The number of carboxylic acids is 1. The Morgan fingerprint density at radius 1 is 1.21 bits per heavy atom. The zero-order chi connectivity index (χ0) is 15.0. The number of nitrogens with zero attached hydrogens (tertiary/aromatic N) is 2. The normalized spacial score (nSPS) is 10.3. The first kappa shape index (κ1) is 17.2. The molecule has 7 heteroatoms. The molecule has 19 heavy (non-hydrogen) atoms. The van der Waals surface area contributed by atoms with Crippen LogP contribution >= 0.6 is 0 Å². The Kier molecular flexibility index (Phi) is 7.55. The van der Waals surface area contributed by atoms with Crippen LogP contribution in [-0.2, 0) is 9.59 Å². The highest BCUT2D eigenvalue weighted by molar-refractivity contribution is 5.83. The second-order valence-electron chi connectivity index (χ2n) is 4.75. The van der Waals surface area contributed by atoms with Crippen LogP contribution in [0.2, 0.25) is 0 Å². The minimum atomic E-state index is -0.962. The highest BCUT2D eigenvalue weighted by Gasteiger charge is 2.22. The van der Waals surface area contributed by atoms with Crippen LogP contribution < -0.4 is 5.73 Å². The summed E-state index contributed by atoms with van der Waals surface area (Å²) in [4.78, 5) is 36.5. The van der Waals surface area contributed by atoms with Crippen molar-refractivity contribution in [2.45, 2.75) is 27.2 Å². The van der Waals surface area contributed by atoms with Crippen molar-refractivity contribution in [3.8, 4) is 0 Å². The lowest BCUT2D eigenvalue weighted by Gasteiger charge is -2.30. The van der Waals surface area contributed by atoms with Crippen LogP contribution in [0.4, 0.5) is 4.79 Å². The first-order valence-corrected chi connectivity index (χ1v) is 6.31. The Morgan fingerprint density at radius 2 is 1.79 bits per heavy atom. The van der Waals surface area contributed by atoms with Gasteiger partial charge in [0.15, 0.2) is 0 Å². The molecule has 0 rings (SSSR count). The number of aliphatic carboxylic acids is 1. The molecule has 110 valence electrons. The number of carbonyl (C=O) groups excluding carboxylic acids is 2. The molecule has 0 aromatic carbocycles. The minimum absolute atomic E-state index is 0.119. The largest absolute Gasteiger partial charge is 0.481 e. The number of hydrogen-bond acceptors (Lipinski definition) is 3. The molecule has 0 heterocycles. The van der Waals surface area contributed by atoms with E-state index in [4.69, 9.17) is 10.8 Å². The van der Waals surface area contributed by atoms with E-state index in [2.05, 4.69) is 0 Å². The van der Waals surface area contributed by atoms with Gasteiger partial charge in [-0.3, -0.25) is 9.59 Å². The van der Waals surface area contributed by atoms with E-state index in [-0.39, 0.29) is 31.5 Å². The molecule has 0 saturated carbocycles. The lowest BCUT2D eigenvalue weighted by atomic mass is 10.2. The quantitative estimate of drug-likeness (QED) is 0.665. The second-order valence-corrected chi connectivity index (χ2v) is 4.75. The molecular formula is C12H23N3O4. The zero-order valence-corrected chi connectivity index (χ0v) is 11.8. The van der Waals surface area contributed by atoms with Crippen LogP contribution in [0.15, 0.2) is 0 Å². The van der Waals surface area contributed by atoms with E-state index in [0.717, 1.165) is 0 Å². The summed E-state index contributed by atoms with van der Waals surface area (Å²) in [5.41, 5.74) is 5.13. The standard InChI is InChI=1S/C12H23N3O4/c1-4-14(6-5-11(17)18)12(19)15(7-9(2)3)8-10(13)16/h9H,4-8H2,1-3H3,(H2,13,16)(H,17,18). The Hall–Kier alpha value is -1.79. The number of amides is 3. The molecule has 0 aliphatic carbocycles. The molecule has 0 aromatic rings. The molecule has 0 saturated heterocycles. The van der Waals surface area contributed by atoms with Crippen LogP contribution in [0.25, 0.3) is 0 Å². The van der Waals surface area contributed by atoms with Gasteiger partial charge in [-0.2, -0.15) is 0 Å². The maximum Gasteiger partial charge on any atom is 0.320 e. The molecule has 0 spiro atoms. The zero-order valence-electron chi connectivity index (χ0n) is 11.8. The number of primary amides is 1. The van der Waals surface area contributed by atoms with Crippen LogP contribution in [0.5, 0.6) is 0 Å². The monoisotopic (exact) mass is 273 g/mol. The first-order valence-electron chi connectivity index (χ1n) is 6.31. The summed E-state index contributed by atoms with van der Waals surface area (Å²) < 4.78 is 0. The van der Waals surface area contributed by atoms with Crippen molar-refractivity contribution in [2.75, 3.05) is 26.2 Å². The van der Waals surface area contributed by atoms with Crippen LogP contribution in [0, 0.1) is 5.92 Å². The summed E-state index contributed by atoms with van der Waals surface area (Å²) in [5.74, 6) is -1.35. The number of carboxylic acid groups (broad SMARTS) is 1. The third-order valence-corrected chi connectivity index (χ3v) is 2.45. The predicted octanol–water partition coefficient (Wildman–Crippen LogP) is 0.346. The molecule has 3 N–H and O–H groups in total. The Morgan fingerprint density at radius 3 is 2.16 bits per heavy atom. The molecule has 0 fully saturated rings. The summed E-state index contributed by atoms with van der Waals surface area (Å²) in [6.45, 7) is 6.38. The van der Waals surface area contributed by atoms with E-state index in [9.17, 15) is 14.4 Å². The van der Waals surface area contributed by atoms with E-state index >= 15 is 0 Å². The summed E-state index contributed by atoms with van der Waals surface area (Å²) in [5, 5.41) is 8.64. The molecule has 7 nitrogen and oxygen atoms in total. The molecule has 0 aliphatic heterocycles. The van der Waals surface area contributed by atoms with E-state index in [1.165, 1.54) is 9.80 Å². The van der Waals surface area contributed by atoms with Gasteiger partial charge in [0.1, 0.15) is 6.54 Å².